The molecule has 6 heteroatoms. The van der Waals surface area contributed by atoms with Gasteiger partial charge in [0.2, 0.25) is 5.91 Å². The number of ketones is 1. The molecule has 4 rings (SSSR count). The number of fused-ring (bicyclic) bond motifs is 1. The van der Waals surface area contributed by atoms with Gasteiger partial charge in [-0.1, -0.05) is 12.1 Å². The van der Waals surface area contributed by atoms with Gasteiger partial charge in [-0.2, -0.15) is 0 Å². The molecule has 26 heavy (non-hydrogen) atoms. The van der Waals surface area contributed by atoms with E-state index in [1.54, 1.807) is 23.5 Å². The van der Waals surface area contributed by atoms with Crippen LogP contribution in [0.3, 0.4) is 0 Å². The number of hydrogen-bond donors (Lipinski definition) is 1. The van der Waals surface area contributed by atoms with Crippen LogP contribution in [0.5, 0.6) is 0 Å². The number of hydrogen-bond acceptors (Lipinski definition) is 5. The minimum absolute atomic E-state index is 0.110. The summed E-state index contributed by atoms with van der Waals surface area (Å²) < 4.78 is 0. The number of carbonyl (C=O) groups is 2. The fourth-order valence-corrected chi connectivity index (χ4v) is 6.36. The van der Waals surface area contributed by atoms with Crippen molar-refractivity contribution in [3.63, 3.8) is 0 Å². The van der Waals surface area contributed by atoms with E-state index in [0.717, 1.165) is 31.0 Å². The number of nitrogens with one attached hydrogen (secondary N) is 1. The maximum Gasteiger partial charge on any atom is 0.242 e. The van der Waals surface area contributed by atoms with E-state index in [4.69, 9.17) is 0 Å². The number of carbonyl (C=O) groups excluding carboxylic acids is 2. The van der Waals surface area contributed by atoms with E-state index >= 15 is 0 Å². The zero-order valence-corrected chi connectivity index (χ0v) is 17.0. The summed E-state index contributed by atoms with van der Waals surface area (Å²) in [6.45, 7) is 5.12. The lowest BCUT2D eigenvalue weighted by atomic mass is 9.95. The Hall–Kier alpha value is -0.980. The number of nitrogens with zero attached hydrogens (tertiary/aromatic N) is 1. The average Bonchev–Trinajstić information content (AvgIpc) is 3.35. The molecular weight excluding hydrogens is 364 g/mol. The lowest BCUT2D eigenvalue weighted by Gasteiger charge is -2.23. The first-order valence-corrected chi connectivity index (χ1v) is 11.6. The highest BCUT2D eigenvalue weighted by atomic mass is 32.2. The van der Waals surface area contributed by atoms with Crippen molar-refractivity contribution >= 4 is 35.2 Å². The molecule has 2 aliphatic heterocycles. The van der Waals surface area contributed by atoms with Crippen molar-refractivity contribution in [1.82, 2.24) is 10.2 Å². The number of rotatable bonds is 4. The molecule has 1 aliphatic carbocycles. The second kappa shape index (κ2) is 7.56. The van der Waals surface area contributed by atoms with Crippen LogP contribution in [0.2, 0.25) is 0 Å². The van der Waals surface area contributed by atoms with Crippen LogP contribution >= 0.6 is 23.5 Å². The standard InChI is InChI=1S/C20H26N2O2S2/c1-12-5-15-7-14(8-16(15)6-13(12)2)9-17(23)19-18(21-10-26-19)20(24)22-3-4-25-11-22/h5-6,14,18-19,21H,3-4,7-11H2,1-2H3/t18-,19?/m0/s1. The van der Waals surface area contributed by atoms with Gasteiger partial charge < -0.3 is 4.90 Å². The molecular formula is C20H26N2O2S2. The van der Waals surface area contributed by atoms with Crippen molar-refractivity contribution in [2.24, 2.45) is 5.92 Å². The Morgan fingerprint density at radius 1 is 1.19 bits per heavy atom. The quantitative estimate of drug-likeness (QED) is 0.856. The molecule has 1 aromatic rings. The van der Waals surface area contributed by atoms with Crippen LogP contribution in [-0.2, 0) is 22.4 Å². The normalized spacial score (nSPS) is 25.7. The molecule has 1 N–H and O–H groups in total. The molecule has 2 atom stereocenters. The van der Waals surface area contributed by atoms with Crippen molar-refractivity contribution in [3.05, 3.63) is 34.4 Å². The summed E-state index contributed by atoms with van der Waals surface area (Å²) in [5.74, 6) is 3.20. The lowest BCUT2D eigenvalue weighted by Crippen LogP contribution is -2.49. The van der Waals surface area contributed by atoms with Crippen LogP contribution in [0.4, 0.5) is 0 Å². The number of benzene rings is 1. The molecule has 4 nitrogen and oxygen atoms in total. The minimum atomic E-state index is -0.334. The van der Waals surface area contributed by atoms with E-state index in [-0.39, 0.29) is 23.0 Å². The van der Waals surface area contributed by atoms with Gasteiger partial charge in [0.25, 0.3) is 0 Å². The van der Waals surface area contributed by atoms with Gasteiger partial charge in [-0.3, -0.25) is 14.9 Å². The van der Waals surface area contributed by atoms with Crippen molar-refractivity contribution in [3.8, 4) is 0 Å². The zero-order valence-electron chi connectivity index (χ0n) is 15.4. The molecule has 2 saturated heterocycles. The van der Waals surface area contributed by atoms with E-state index in [9.17, 15) is 9.59 Å². The molecule has 2 heterocycles. The summed E-state index contributed by atoms with van der Waals surface area (Å²) >= 11 is 3.39. The van der Waals surface area contributed by atoms with Crippen molar-refractivity contribution in [1.29, 1.82) is 0 Å². The van der Waals surface area contributed by atoms with Crippen LogP contribution in [0, 0.1) is 19.8 Å². The molecule has 0 saturated carbocycles. The largest absolute Gasteiger partial charge is 0.331 e. The molecule has 0 radical (unpaired) electrons. The van der Waals surface area contributed by atoms with Gasteiger partial charge >= 0.3 is 0 Å². The highest BCUT2D eigenvalue weighted by Crippen LogP contribution is 2.33. The zero-order chi connectivity index (χ0) is 18.3. The minimum Gasteiger partial charge on any atom is -0.331 e. The third kappa shape index (κ3) is 3.56. The smallest absolute Gasteiger partial charge is 0.242 e. The first-order valence-electron chi connectivity index (χ1n) is 9.36. The van der Waals surface area contributed by atoms with E-state index in [0.29, 0.717) is 18.2 Å². The molecule has 2 fully saturated rings. The number of amides is 1. The fourth-order valence-electron chi connectivity index (χ4n) is 4.27. The summed E-state index contributed by atoms with van der Waals surface area (Å²) in [4.78, 5) is 27.6. The second-order valence-electron chi connectivity index (χ2n) is 7.70. The van der Waals surface area contributed by atoms with E-state index in [1.807, 2.05) is 4.90 Å². The van der Waals surface area contributed by atoms with Crippen LogP contribution in [-0.4, -0.2) is 51.9 Å². The third-order valence-corrected chi connectivity index (χ3v) is 8.03. The Balaban J connectivity index is 1.39. The maximum absolute atomic E-state index is 13.0. The van der Waals surface area contributed by atoms with Crippen LogP contribution in [0.25, 0.3) is 0 Å². The van der Waals surface area contributed by atoms with E-state index in [1.165, 1.54) is 22.3 Å². The Labute approximate surface area is 163 Å². The van der Waals surface area contributed by atoms with E-state index < -0.39 is 0 Å². The molecule has 1 unspecified atom stereocenters. The van der Waals surface area contributed by atoms with Crippen LogP contribution in [0.1, 0.15) is 28.7 Å². The Bertz CT molecular complexity index is 700. The average molecular weight is 391 g/mol. The molecule has 0 bridgehead atoms. The molecule has 140 valence electrons. The Kier molecular flexibility index (Phi) is 5.35. The van der Waals surface area contributed by atoms with Crippen molar-refractivity contribution in [2.45, 2.75) is 44.4 Å². The summed E-state index contributed by atoms with van der Waals surface area (Å²) in [6.07, 6.45) is 2.58. The summed E-state index contributed by atoms with van der Waals surface area (Å²) in [7, 11) is 0. The predicted octanol–water partition coefficient (Wildman–Crippen LogP) is 2.54. The van der Waals surface area contributed by atoms with E-state index in [2.05, 4.69) is 31.3 Å². The monoisotopic (exact) mass is 390 g/mol. The van der Waals surface area contributed by atoms with Gasteiger partial charge in [-0.25, -0.2) is 0 Å². The first-order chi connectivity index (χ1) is 12.5. The number of aryl methyl sites for hydroxylation is 2. The van der Waals surface area contributed by atoms with Gasteiger partial charge in [0.1, 0.15) is 11.8 Å². The van der Waals surface area contributed by atoms with Gasteiger partial charge in [0.15, 0.2) is 0 Å². The topological polar surface area (TPSA) is 49.4 Å². The van der Waals surface area contributed by atoms with Gasteiger partial charge in [0.05, 0.1) is 11.1 Å². The van der Waals surface area contributed by atoms with Crippen molar-refractivity contribution < 1.29 is 9.59 Å². The summed E-state index contributed by atoms with van der Waals surface area (Å²) in [6, 6.07) is 4.25. The third-order valence-electron chi connectivity index (χ3n) is 5.84. The summed E-state index contributed by atoms with van der Waals surface area (Å²) in [5.41, 5.74) is 5.48. The molecule has 0 spiro atoms. The molecule has 0 aromatic heterocycles. The van der Waals surface area contributed by atoms with Gasteiger partial charge in [0, 0.05) is 24.6 Å². The van der Waals surface area contributed by atoms with Gasteiger partial charge in [-0.05, 0) is 54.9 Å². The summed E-state index contributed by atoms with van der Waals surface area (Å²) in [5, 5.41) is 3.04. The van der Waals surface area contributed by atoms with Crippen molar-refractivity contribution in [2.75, 3.05) is 24.1 Å². The fraction of sp³-hybridized carbons (Fsp3) is 0.600. The number of Topliss-reactive ketones (excluding diaryl/α,β-unsaturated/α-hetero) is 1. The number of thioether (sulfide) groups is 2. The maximum atomic E-state index is 13.0. The SMILES string of the molecule is Cc1cc2c(cc1C)CC(CC(=O)C1SCN[C@@H]1C(=O)N1CCSC1)C2. The Morgan fingerprint density at radius 2 is 1.88 bits per heavy atom. The predicted molar refractivity (Wildman–Crippen MR) is 109 cm³/mol. The highest BCUT2D eigenvalue weighted by Gasteiger charge is 2.41. The van der Waals surface area contributed by atoms with Gasteiger partial charge in [-0.15, -0.1) is 23.5 Å². The Morgan fingerprint density at radius 3 is 2.50 bits per heavy atom. The van der Waals surface area contributed by atoms with Crippen LogP contribution in [0.15, 0.2) is 12.1 Å². The molecule has 1 aromatic carbocycles. The first kappa shape index (κ1) is 18.4. The highest BCUT2D eigenvalue weighted by molar-refractivity contribution is 8.01. The molecule has 1 amide bonds. The second-order valence-corrected chi connectivity index (χ2v) is 9.91. The molecule has 3 aliphatic rings. The lowest BCUT2D eigenvalue weighted by molar-refractivity contribution is -0.133. The van der Waals surface area contributed by atoms with Crippen LogP contribution < -0.4 is 5.32 Å².